The molecular weight excluding hydrogens is 1090 g/mol. The Labute approximate surface area is 494 Å². The van der Waals surface area contributed by atoms with E-state index in [9.17, 15) is 0 Å². The highest BCUT2D eigenvalue weighted by atomic mass is 79.9. The maximum atomic E-state index is 4.16. The van der Waals surface area contributed by atoms with Gasteiger partial charge in [0.2, 0.25) is 13.4 Å². The molecule has 0 unspecified atom stereocenters. The van der Waals surface area contributed by atoms with E-state index in [4.69, 9.17) is 0 Å². The van der Waals surface area contributed by atoms with Crippen molar-refractivity contribution in [2.75, 3.05) is 0 Å². The van der Waals surface area contributed by atoms with E-state index in [-0.39, 0.29) is 45.9 Å². The molecule has 10 aromatic carbocycles. The summed E-state index contributed by atoms with van der Waals surface area (Å²) in [6.45, 7) is 43.9. The van der Waals surface area contributed by atoms with Crippen molar-refractivity contribution in [3.63, 3.8) is 0 Å². The molecule has 10 aromatic rings. The van der Waals surface area contributed by atoms with Crippen LogP contribution in [0.25, 0.3) is 99.1 Å². The van der Waals surface area contributed by atoms with Gasteiger partial charge in [0.1, 0.15) is 0 Å². The minimum absolute atomic E-state index is 0.0429. The first-order valence-corrected chi connectivity index (χ1v) is 31.0. The van der Waals surface area contributed by atoms with Crippen molar-refractivity contribution in [1.29, 1.82) is 0 Å². The Morgan fingerprint density at radius 3 is 0.875 bits per heavy atom. The number of benzene rings is 10. The van der Waals surface area contributed by atoms with E-state index >= 15 is 0 Å². The van der Waals surface area contributed by atoms with Crippen LogP contribution in [0.3, 0.4) is 0 Å². The Hall–Kier alpha value is -5.67. The average molecular weight is 1170 g/mol. The fraction of sp³-hybridized carbons (Fsp3) is 0.316. The Bertz CT molecular complexity index is 4070. The third-order valence-corrected chi connectivity index (χ3v) is 20.1. The number of fused-ring (bicyclic) bond motifs is 10. The summed E-state index contributed by atoms with van der Waals surface area (Å²) in [6, 6.07) is 49.6. The maximum Gasteiger partial charge on any atom is 0.244 e. The average Bonchev–Trinajstić information content (AvgIpc) is 3.89. The summed E-state index contributed by atoms with van der Waals surface area (Å²) in [4.78, 5) is 0. The van der Waals surface area contributed by atoms with E-state index in [0.29, 0.717) is 0 Å². The summed E-state index contributed by atoms with van der Waals surface area (Å²) in [7, 11) is 0. The summed E-state index contributed by atoms with van der Waals surface area (Å²) in [6.07, 6.45) is 0. The molecule has 0 aliphatic carbocycles. The van der Waals surface area contributed by atoms with Gasteiger partial charge < -0.3 is 0 Å². The molecule has 0 saturated heterocycles. The summed E-state index contributed by atoms with van der Waals surface area (Å²) >= 11 is 8.31. The van der Waals surface area contributed by atoms with E-state index in [1.807, 2.05) is 0 Å². The smallest absolute Gasteiger partial charge is 0.0664 e. The highest BCUT2D eigenvalue weighted by molar-refractivity contribution is 9.10. The summed E-state index contributed by atoms with van der Waals surface area (Å²) in [5.41, 5.74) is 32.5. The lowest BCUT2D eigenvalue weighted by atomic mass is 9.34. The highest BCUT2D eigenvalue weighted by Crippen LogP contribution is 2.56. The van der Waals surface area contributed by atoms with Crippen LogP contribution < -0.4 is 32.8 Å². The molecule has 398 valence electrons. The van der Waals surface area contributed by atoms with E-state index in [1.54, 1.807) is 0 Å². The van der Waals surface area contributed by atoms with Crippen LogP contribution in [-0.4, -0.2) is 13.4 Å². The van der Waals surface area contributed by atoms with Gasteiger partial charge in [-0.3, -0.25) is 0 Å². The predicted octanol–water partition coefficient (Wildman–Crippen LogP) is 18.2. The summed E-state index contributed by atoms with van der Waals surface area (Å²) in [5.74, 6) is 0. The lowest BCUT2D eigenvalue weighted by Gasteiger charge is -2.37. The normalized spacial score (nSPS) is 14.4. The van der Waals surface area contributed by atoms with Gasteiger partial charge in [0.25, 0.3) is 0 Å². The number of rotatable bonds is 2. The number of hydrogen-bond acceptors (Lipinski definition) is 0. The first-order valence-electron chi connectivity index (χ1n) is 29.4. The monoisotopic (exact) mass is 1170 g/mol. The molecule has 0 spiro atoms. The molecule has 0 nitrogen and oxygen atoms in total. The van der Waals surface area contributed by atoms with Crippen molar-refractivity contribution in [3.8, 4) is 66.8 Å². The van der Waals surface area contributed by atoms with Gasteiger partial charge in [0, 0.05) is 8.95 Å². The van der Waals surface area contributed by atoms with Crippen LogP contribution in [0.2, 0.25) is 0 Å². The topological polar surface area (TPSA) is 0 Å². The van der Waals surface area contributed by atoms with Crippen molar-refractivity contribution in [3.05, 3.63) is 164 Å². The minimum atomic E-state index is -0.168. The van der Waals surface area contributed by atoms with Gasteiger partial charge in [0.15, 0.2) is 0 Å². The van der Waals surface area contributed by atoms with Gasteiger partial charge in [-0.2, -0.15) is 0 Å². The van der Waals surface area contributed by atoms with E-state index < -0.39 is 0 Å². The molecule has 14 rings (SSSR count). The second-order valence-electron chi connectivity index (χ2n) is 30.7. The Morgan fingerprint density at radius 1 is 0.275 bits per heavy atom. The van der Waals surface area contributed by atoms with Crippen molar-refractivity contribution in [2.45, 2.75) is 157 Å². The molecule has 0 amide bonds. The van der Waals surface area contributed by atoms with Gasteiger partial charge in [-0.25, -0.2) is 0 Å². The van der Waals surface area contributed by atoms with Crippen molar-refractivity contribution >= 4 is 110 Å². The Kier molecular flexibility index (Phi) is 10.8. The molecule has 0 atom stereocenters. The van der Waals surface area contributed by atoms with Crippen molar-refractivity contribution < 1.29 is 0 Å². The van der Waals surface area contributed by atoms with Crippen LogP contribution in [0.4, 0.5) is 0 Å². The maximum absolute atomic E-state index is 4.16. The summed E-state index contributed by atoms with van der Waals surface area (Å²) < 4.78 is 2.25. The van der Waals surface area contributed by atoms with Crippen LogP contribution in [0, 0.1) is 0 Å². The first-order chi connectivity index (χ1) is 37.3. The molecule has 0 fully saturated rings. The molecule has 4 aliphatic heterocycles. The van der Waals surface area contributed by atoms with Crippen LogP contribution >= 0.6 is 31.9 Å². The van der Waals surface area contributed by atoms with Crippen molar-refractivity contribution in [1.82, 2.24) is 0 Å². The zero-order valence-electron chi connectivity index (χ0n) is 50.5. The molecule has 80 heavy (non-hydrogen) atoms. The molecule has 0 bridgehead atoms. The number of halogens is 2. The third-order valence-electron chi connectivity index (χ3n) is 19.1. The molecular formula is C76H74B2Br2. The van der Waals surface area contributed by atoms with E-state index in [2.05, 4.69) is 278 Å². The molecule has 4 aliphatic rings. The zero-order chi connectivity index (χ0) is 56.8. The van der Waals surface area contributed by atoms with E-state index in [1.165, 1.54) is 165 Å². The Balaban J connectivity index is 1.30. The van der Waals surface area contributed by atoms with Crippen LogP contribution in [-0.2, 0) is 32.5 Å². The minimum Gasteiger partial charge on any atom is -0.0664 e. The Morgan fingerprint density at radius 2 is 0.575 bits per heavy atom. The van der Waals surface area contributed by atoms with Gasteiger partial charge in [-0.1, -0.05) is 274 Å². The van der Waals surface area contributed by atoms with Crippen LogP contribution in [0.1, 0.15) is 158 Å². The fourth-order valence-electron chi connectivity index (χ4n) is 15.4. The second-order valence-corrected chi connectivity index (χ2v) is 32.6. The van der Waals surface area contributed by atoms with Gasteiger partial charge >= 0.3 is 0 Å². The predicted molar refractivity (Wildman–Crippen MR) is 360 cm³/mol. The molecule has 0 radical (unpaired) electrons. The first kappa shape index (κ1) is 52.4. The van der Waals surface area contributed by atoms with Gasteiger partial charge in [0.05, 0.1) is 0 Å². The highest BCUT2D eigenvalue weighted by Gasteiger charge is 2.46. The van der Waals surface area contributed by atoms with Crippen molar-refractivity contribution in [2.24, 2.45) is 0 Å². The van der Waals surface area contributed by atoms with Crippen LogP contribution in [0.5, 0.6) is 0 Å². The fourth-order valence-corrected chi connectivity index (χ4v) is 16.3. The number of hydrogen-bond donors (Lipinski definition) is 0. The lowest BCUT2D eigenvalue weighted by molar-refractivity contribution is 0.550. The molecule has 0 aromatic heterocycles. The standard InChI is InChI=1S/C76H74B2Br2/c1-71(2,3)39-27-55(73(7,8)9)63(56(28-39)74(10,11)12)45-35-47-53-33-41(79)31-51-43-23-20-22-26-60(43)78(69(51)53)62-38-50-46(64-57(75(13,14)15)29-40(72(4,5)6)30-58(64)76(16,17)18)36-48-54-34-42(80)32-52-44-24-19-21-25-59(44)77(70(52)54)61-37-49(45)67(65(47)62)68(50)66(48)61/h19-38H,1-18H3. The largest absolute Gasteiger partial charge is 0.244 e. The zero-order valence-corrected chi connectivity index (χ0v) is 53.6. The second kappa shape index (κ2) is 16.5. The quantitative estimate of drug-likeness (QED) is 0.120. The molecule has 0 saturated carbocycles. The molecule has 0 N–H and O–H groups in total. The third kappa shape index (κ3) is 7.31. The van der Waals surface area contributed by atoms with E-state index in [0.717, 1.165) is 8.95 Å². The van der Waals surface area contributed by atoms with Gasteiger partial charge in [-0.15, -0.1) is 0 Å². The van der Waals surface area contributed by atoms with Crippen LogP contribution in [0.15, 0.2) is 130 Å². The summed E-state index contributed by atoms with van der Waals surface area (Å²) in [5, 5.41) is 8.38. The molecule has 4 heterocycles. The lowest BCUT2D eigenvalue weighted by Crippen LogP contribution is -2.53. The van der Waals surface area contributed by atoms with Gasteiger partial charge in [-0.05, 0) is 201 Å². The molecule has 4 heteroatoms. The SMILES string of the molecule is CC(C)(C)c1cc(C(C)(C)C)c(-c2cc3c4c(cc5c(-c6c(C(C)(C)C)cc(C(C)(C)C)cc6C(C)(C)C)cc6c7c(cc2c4c57)B2c4ccccc4-c4cc(Br)cc-6c42)B2c4ccccc4-c4cc(Br)cc-3c42)c(C(C)(C)C)c1.